The van der Waals surface area contributed by atoms with Gasteiger partial charge >= 0.3 is 11.9 Å². The molecule has 1 unspecified atom stereocenters. The number of ether oxygens (including phenoxy) is 2. The fraction of sp³-hybridized carbons (Fsp3) is 0.808. The Morgan fingerprint density at radius 1 is 0.540 bits per heavy atom. The van der Waals surface area contributed by atoms with Gasteiger partial charge in [0.25, 0.3) is 7.82 Å². The van der Waals surface area contributed by atoms with Gasteiger partial charge in [-0.25, -0.2) is 0 Å². The van der Waals surface area contributed by atoms with Gasteiger partial charge in [-0.2, -0.15) is 0 Å². The highest BCUT2D eigenvalue weighted by molar-refractivity contribution is 7.45. The van der Waals surface area contributed by atoms with Crippen molar-refractivity contribution in [2.24, 2.45) is 0 Å². The number of carbonyl (C=O) groups is 2. The molecule has 0 aromatic carbocycles. The van der Waals surface area contributed by atoms with Crippen molar-refractivity contribution in [3.8, 4) is 0 Å². The number of quaternary nitrogens is 1. The minimum atomic E-state index is -4.65. The lowest BCUT2D eigenvalue weighted by molar-refractivity contribution is -0.870. The summed E-state index contributed by atoms with van der Waals surface area (Å²) in [7, 11) is 1.12. The van der Waals surface area contributed by atoms with Crippen LogP contribution in [0.15, 0.2) is 48.6 Å². The molecule has 0 saturated carbocycles. The van der Waals surface area contributed by atoms with E-state index in [0.717, 1.165) is 70.6 Å². The van der Waals surface area contributed by atoms with Crippen molar-refractivity contribution < 1.29 is 47.2 Å². The van der Waals surface area contributed by atoms with Crippen LogP contribution in [0.3, 0.4) is 0 Å². The molecular weight excluding hydrogens is 814 g/mol. The van der Waals surface area contributed by atoms with Crippen LogP contribution >= 0.6 is 7.82 Å². The molecule has 0 aliphatic rings. The molecule has 0 rings (SSSR count). The van der Waals surface area contributed by atoms with Crippen LogP contribution in [0.2, 0.25) is 0 Å². The van der Waals surface area contributed by atoms with Crippen LogP contribution in [0, 0.1) is 0 Å². The lowest BCUT2D eigenvalue weighted by atomic mass is 10.0. The topological polar surface area (TPSA) is 131 Å². The van der Waals surface area contributed by atoms with E-state index in [4.69, 9.17) is 23.6 Å². The molecular formula is C52H96NO9P. The van der Waals surface area contributed by atoms with Crippen molar-refractivity contribution in [1.29, 1.82) is 0 Å². The third-order valence-electron chi connectivity index (χ3n) is 10.9. The van der Waals surface area contributed by atoms with Crippen LogP contribution in [-0.2, 0) is 32.7 Å². The molecule has 368 valence electrons. The molecule has 0 saturated heterocycles. The molecule has 63 heavy (non-hydrogen) atoms. The van der Waals surface area contributed by atoms with Crippen molar-refractivity contribution in [2.45, 2.75) is 218 Å². The first-order valence-electron chi connectivity index (χ1n) is 25.5. The van der Waals surface area contributed by atoms with Gasteiger partial charge in [0.2, 0.25) is 0 Å². The number of unbranched alkanes of at least 4 members (excludes halogenated alkanes) is 24. The largest absolute Gasteiger partial charge is 0.756 e. The van der Waals surface area contributed by atoms with E-state index in [1.54, 1.807) is 0 Å². The van der Waals surface area contributed by atoms with Gasteiger partial charge in [-0.3, -0.25) is 14.2 Å². The predicted molar refractivity (Wildman–Crippen MR) is 260 cm³/mol. The molecule has 0 bridgehead atoms. The molecule has 0 radical (unpaired) electrons. The van der Waals surface area contributed by atoms with Crippen LogP contribution in [0.25, 0.3) is 0 Å². The lowest BCUT2D eigenvalue weighted by Gasteiger charge is -2.28. The maximum absolute atomic E-state index is 12.7. The number of nitrogens with zero attached hydrogens (tertiary/aromatic N) is 1. The summed E-state index contributed by atoms with van der Waals surface area (Å²) in [6, 6.07) is 0. The zero-order valence-electron chi connectivity index (χ0n) is 41.0. The molecule has 11 heteroatoms. The van der Waals surface area contributed by atoms with Gasteiger partial charge in [0.1, 0.15) is 19.8 Å². The number of hydrogen-bond acceptors (Lipinski definition) is 9. The van der Waals surface area contributed by atoms with E-state index in [-0.39, 0.29) is 32.7 Å². The average Bonchev–Trinajstić information content (AvgIpc) is 3.24. The molecule has 2 atom stereocenters. The van der Waals surface area contributed by atoms with E-state index in [1.807, 2.05) is 27.2 Å². The Kier molecular flexibility index (Phi) is 43.6. The van der Waals surface area contributed by atoms with Crippen molar-refractivity contribution in [3.05, 3.63) is 48.6 Å². The van der Waals surface area contributed by atoms with Crippen molar-refractivity contribution in [2.75, 3.05) is 54.1 Å². The number of esters is 2. The fourth-order valence-corrected chi connectivity index (χ4v) is 7.65. The Balaban J connectivity index is 4.31. The number of allylic oxidation sites excluding steroid dienone is 8. The molecule has 0 fully saturated rings. The van der Waals surface area contributed by atoms with Crippen LogP contribution < -0.4 is 4.89 Å². The molecule has 0 amide bonds. The first-order valence-corrected chi connectivity index (χ1v) is 26.9. The summed E-state index contributed by atoms with van der Waals surface area (Å²) in [6.07, 6.45) is 51.6. The van der Waals surface area contributed by atoms with E-state index in [1.165, 1.54) is 109 Å². The Morgan fingerprint density at radius 3 is 1.41 bits per heavy atom. The number of phosphoric ester groups is 1. The predicted octanol–water partition coefficient (Wildman–Crippen LogP) is 13.4. The van der Waals surface area contributed by atoms with Gasteiger partial charge in [-0.15, -0.1) is 0 Å². The number of carbonyl (C=O) groups excluding carboxylic acids is 2. The molecule has 0 spiro atoms. The van der Waals surface area contributed by atoms with E-state index in [9.17, 15) is 19.0 Å². The van der Waals surface area contributed by atoms with Crippen molar-refractivity contribution >= 4 is 19.8 Å². The van der Waals surface area contributed by atoms with Gasteiger partial charge in [0, 0.05) is 19.4 Å². The molecule has 10 nitrogen and oxygen atoms in total. The SMILES string of the molecule is CCCCCCCCCCCCCCCCCCCCCCCC(=O)O[C@H](COC(=O)CCC/C=C\C/C=C\C/C=C\C/C=C\CCCCCO)COP(=O)([O-])OCC[N+](C)(C)C. The van der Waals surface area contributed by atoms with E-state index in [2.05, 4.69) is 49.5 Å². The standard InChI is InChI=1S/C52H96NO9P/c1-5-6-7-8-9-10-11-12-13-14-15-16-17-19-23-26-29-32-35-38-41-44-52(56)62-50(49-61-63(57,58)60-47-45-53(2,3)4)48-59-51(55)43-40-37-34-31-28-25-22-20-18-21-24-27-30-33-36-39-42-46-54/h18,21-22,25,27,30-31,34,50,54H,5-17,19-20,23-24,26,28-29,32-33,35-49H2,1-4H3/b21-18-,25-22-,30-27-,34-31-/t50-/m1/s1. The first kappa shape index (κ1) is 60.9. The molecule has 0 aromatic heterocycles. The summed E-state index contributed by atoms with van der Waals surface area (Å²) in [4.78, 5) is 37.7. The lowest BCUT2D eigenvalue weighted by Crippen LogP contribution is -2.37. The van der Waals surface area contributed by atoms with Crippen LogP contribution in [0.1, 0.15) is 212 Å². The highest BCUT2D eigenvalue weighted by atomic mass is 31.2. The van der Waals surface area contributed by atoms with Gasteiger partial charge in [-0.05, 0) is 57.8 Å². The monoisotopic (exact) mass is 910 g/mol. The van der Waals surface area contributed by atoms with E-state index in [0.29, 0.717) is 23.9 Å². The number of aliphatic hydroxyl groups is 1. The minimum absolute atomic E-state index is 0.0438. The summed E-state index contributed by atoms with van der Waals surface area (Å²) < 4.78 is 33.9. The zero-order valence-corrected chi connectivity index (χ0v) is 41.9. The summed E-state index contributed by atoms with van der Waals surface area (Å²) in [5.41, 5.74) is 0. The Labute approximate surface area is 386 Å². The van der Waals surface area contributed by atoms with E-state index >= 15 is 0 Å². The number of aliphatic hydroxyl groups excluding tert-OH is 1. The minimum Gasteiger partial charge on any atom is -0.756 e. The molecule has 0 aliphatic carbocycles. The second-order valence-electron chi connectivity index (χ2n) is 18.3. The number of phosphoric acid groups is 1. The normalized spacial score (nSPS) is 13.8. The quantitative estimate of drug-likeness (QED) is 0.0208. The number of likely N-dealkylation sites (N-methyl/N-ethyl adjacent to an activating group) is 1. The summed E-state index contributed by atoms with van der Waals surface area (Å²) >= 11 is 0. The zero-order chi connectivity index (χ0) is 46.4. The fourth-order valence-electron chi connectivity index (χ4n) is 6.92. The molecule has 0 aliphatic heterocycles. The number of hydrogen-bond donors (Lipinski definition) is 1. The summed E-state index contributed by atoms with van der Waals surface area (Å²) in [5, 5.41) is 8.81. The Morgan fingerprint density at radius 2 is 0.952 bits per heavy atom. The molecule has 0 aromatic rings. The summed E-state index contributed by atoms with van der Waals surface area (Å²) in [5.74, 6) is -0.907. The maximum Gasteiger partial charge on any atom is 0.306 e. The maximum atomic E-state index is 12.7. The highest BCUT2D eigenvalue weighted by Crippen LogP contribution is 2.38. The van der Waals surface area contributed by atoms with Crippen molar-refractivity contribution in [1.82, 2.24) is 0 Å². The third kappa shape index (κ3) is 49.2. The van der Waals surface area contributed by atoms with E-state index < -0.39 is 32.5 Å². The Hall–Kier alpha value is -2.07. The van der Waals surface area contributed by atoms with Crippen LogP contribution in [-0.4, -0.2) is 81.7 Å². The Bertz CT molecular complexity index is 1210. The second-order valence-corrected chi connectivity index (χ2v) is 19.7. The first-order chi connectivity index (χ1) is 30.5. The number of rotatable bonds is 47. The van der Waals surface area contributed by atoms with Crippen molar-refractivity contribution in [3.63, 3.8) is 0 Å². The van der Waals surface area contributed by atoms with Crippen LogP contribution in [0.5, 0.6) is 0 Å². The smallest absolute Gasteiger partial charge is 0.306 e. The summed E-state index contributed by atoms with van der Waals surface area (Å²) in [6.45, 7) is 2.19. The average molecular weight is 910 g/mol. The molecule has 1 N–H and O–H groups in total. The molecule has 0 heterocycles. The van der Waals surface area contributed by atoms with Gasteiger partial charge in [-0.1, -0.05) is 190 Å². The van der Waals surface area contributed by atoms with Gasteiger partial charge in [0.05, 0.1) is 27.7 Å². The van der Waals surface area contributed by atoms with Gasteiger partial charge < -0.3 is 33.0 Å². The van der Waals surface area contributed by atoms with Gasteiger partial charge in [0.15, 0.2) is 6.10 Å². The third-order valence-corrected chi connectivity index (χ3v) is 11.9. The highest BCUT2D eigenvalue weighted by Gasteiger charge is 2.21. The van der Waals surface area contributed by atoms with Crippen LogP contribution in [0.4, 0.5) is 0 Å². The second kappa shape index (κ2) is 45.1.